The second-order valence-corrected chi connectivity index (χ2v) is 4.38. The Kier molecular flexibility index (Phi) is 5.19. The second-order valence-electron chi connectivity index (χ2n) is 4.38. The van der Waals surface area contributed by atoms with Gasteiger partial charge in [-0.15, -0.1) is 0 Å². The average Bonchev–Trinajstić information content (AvgIpc) is 2.37. The fourth-order valence-corrected chi connectivity index (χ4v) is 1.43. The van der Waals surface area contributed by atoms with Gasteiger partial charge in [0.05, 0.1) is 12.1 Å². The fourth-order valence-electron chi connectivity index (χ4n) is 1.43. The van der Waals surface area contributed by atoms with Crippen LogP contribution in [-0.4, -0.2) is 26.2 Å². The maximum absolute atomic E-state index is 12.4. The Bertz CT molecular complexity index is 480. The highest BCUT2D eigenvalue weighted by Crippen LogP contribution is 2.30. The lowest BCUT2D eigenvalue weighted by atomic mass is 10.2. The summed E-state index contributed by atoms with van der Waals surface area (Å²) >= 11 is 0. The number of rotatable bonds is 5. The van der Waals surface area contributed by atoms with Crippen LogP contribution in [0.3, 0.4) is 0 Å². The molecule has 0 aliphatic carbocycles. The molecule has 0 saturated carbocycles. The molecule has 1 rings (SSSR count). The van der Waals surface area contributed by atoms with Crippen LogP contribution in [-0.2, 0) is 15.7 Å². The van der Waals surface area contributed by atoms with Crippen LogP contribution >= 0.6 is 0 Å². The third kappa shape index (κ3) is 4.60. The van der Waals surface area contributed by atoms with Crippen LogP contribution < -0.4 is 4.90 Å². The number of ether oxygens (including phenoxy) is 1. The van der Waals surface area contributed by atoms with E-state index in [0.29, 0.717) is 17.8 Å². The number of carbonyl (C=O) groups is 1. The van der Waals surface area contributed by atoms with Crippen LogP contribution in [0.15, 0.2) is 36.4 Å². The molecule has 0 aromatic heterocycles. The van der Waals surface area contributed by atoms with Crippen molar-refractivity contribution >= 4 is 11.7 Å². The number of halogens is 3. The van der Waals surface area contributed by atoms with Crippen molar-refractivity contribution in [3.8, 4) is 0 Å². The van der Waals surface area contributed by atoms with E-state index in [2.05, 4.69) is 6.58 Å². The molecule has 0 bridgehead atoms. The van der Waals surface area contributed by atoms with Gasteiger partial charge in [-0.05, 0) is 31.2 Å². The number of esters is 1. The van der Waals surface area contributed by atoms with Gasteiger partial charge in [0.25, 0.3) is 0 Å². The Hall–Kier alpha value is -1.98. The first kappa shape index (κ1) is 16.1. The predicted octanol–water partition coefficient (Wildman–Crippen LogP) is 3.26. The van der Waals surface area contributed by atoms with Gasteiger partial charge in [-0.2, -0.15) is 13.2 Å². The topological polar surface area (TPSA) is 29.5 Å². The van der Waals surface area contributed by atoms with E-state index in [-0.39, 0.29) is 6.61 Å². The minimum absolute atomic E-state index is 0.142. The Balaban J connectivity index is 2.54. The second kappa shape index (κ2) is 6.45. The van der Waals surface area contributed by atoms with Crippen molar-refractivity contribution in [2.45, 2.75) is 13.1 Å². The summed E-state index contributed by atoms with van der Waals surface area (Å²) in [5, 5.41) is 0. The summed E-state index contributed by atoms with van der Waals surface area (Å²) in [4.78, 5) is 12.9. The minimum Gasteiger partial charge on any atom is -0.460 e. The van der Waals surface area contributed by atoms with Crippen molar-refractivity contribution in [3.63, 3.8) is 0 Å². The fraction of sp³-hybridized carbons (Fsp3) is 0.357. The summed E-state index contributed by atoms with van der Waals surface area (Å²) in [6.45, 7) is 5.51. The molecule has 0 N–H and O–H groups in total. The lowest BCUT2D eigenvalue weighted by molar-refractivity contribution is -0.139. The summed E-state index contributed by atoms with van der Waals surface area (Å²) in [7, 11) is 1.71. The van der Waals surface area contributed by atoms with Gasteiger partial charge < -0.3 is 9.64 Å². The van der Waals surface area contributed by atoms with Gasteiger partial charge in [-0.25, -0.2) is 4.79 Å². The summed E-state index contributed by atoms with van der Waals surface area (Å²) in [6, 6.07) is 4.80. The van der Waals surface area contributed by atoms with E-state index in [9.17, 15) is 18.0 Å². The zero-order valence-corrected chi connectivity index (χ0v) is 11.3. The highest BCUT2D eigenvalue weighted by Gasteiger charge is 2.30. The molecule has 20 heavy (non-hydrogen) atoms. The van der Waals surface area contributed by atoms with Gasteiger partial charge >= 0.3 is 12.1 Å². The highest BCUT2D eigenvalue weighted by molar-refractivity contribution is 5.86. The molecule has 0 aliphatic rings. The van der Waals surface area contributed by atoms with E-state index in [4.69, 9.17) is 4.74 Å². The molecular formula is C14H16F3NO2. The number of nitrogens with zero attached hydrogens (tertiary/aromatic N) is 1. The molecule has 0 aliphatic heterocycles. The van der Waals surface area contributed by atoms with Crippen LogP contribution in [0.25, 0.3) is 0 Å². The molecule has 1 aromatic rings. The summed E-state index contributed by atoms with van der Waals surface area (Å²) < 4.78 is 42.1. The number of hydrogen-bond donors (Lipinski definition) is 0. The van der Waals surface area contributed by atoms with E-state index in [1.54, 1.807) is 18.9 Å². The van der Waals surface area contributed by atoms with Gasteiger partial charge in [0.1, 0.15) is 6.61 Å². The van der Waals surface area contributed by atoms with Crippen LogP contribution in [0, 0.1) is 0 Å². The molecule has 1 aromatic carbocycles. The first-order chi connectivity index (χ1) is 9.21. The predicted molar refractivity (Wildman–Crippen MR) is 70.5 cm³/mol. The third-order valence-corrected chi connectivity index (χ3v) is 2.64. The number of likely N-dealkylation sites (N-methyl/N-ethyl adjacent to an activating group) is 1. The molecule has 0 amide bonds. The van der Waals surface area contributed by atoms with E-state index in [1.165, 1.54) is 12.1 Å². The standard InChI is InChI=1S/C14H16F3NO2/c1-10(2)13(19)20-9-8-18(3)12-6-4-11(5-7-12)14(15,16)17/h4-7H,1,8-9H2,2-3H3. The maximum atomic E-state index is 12.4. The average molecular weight is 287 g/mol. The quantitative estimate of drug-likeness (QED) is 0.615. The minimum atomic E-state index is -4.34. The Labute approximate surface area is 115 Å². The van der Waals surface area contributed by atoms with Crippen molar-refractivity contribution in [1.82, 2.24) is 0 Å². The third-order valence-electron chi connectivity index (χ3n) is 2.64. The van der Waals surface area contributed by atoms with Gasteiger partial charge in [-0.1, -0.05) is 6.58 Å². The zero-order valence-electron chi connectivity index (χ0n) is 11.3. The Morgan fingerprint density at radius 1 is 1.30 bits per heavy atom. The first-order valence-electron chi connectivity index (χ1n) is 5.93. The Morgan fingerprint density at radius 2 is 1.85 bits per heavy atom. The smallest absolute Gasteiger partial charge is 0.416 e. The van der Waals surface area contributed by atoms with E-state index < -0.39 is 17.7 Å². The monoisotopic (exact) mass is 287 g/mol. The van der Waals surface area contributed by atoms with Crippen molar-refractivity contribution in [2.75, 3.05) is 25.1 Å². The van der Waals surface area contributed by atoms with E-state index >= 15 is 0 Å². The number of alkyl halides is 3. The van der Waals surface area contributed by atoms with Crippen molar-refractivity contribution in [3.05, 3.63) is 42.0 Å². The maximum Gasteiger partial charge on any atom is 0.416 e. The summed E-state index contributed by atoms with van der Waals surface area (Å²) in [6.07, 6.45) is -4.34. The SMILES string of the molecule is C=C(C)C(=O)OCCN(C)c1ccc(C(F)(F)F)cc1. The molecule has 110 valence electrons. The lowest BCUT2D eigenvalue weighted by Gasteiger charge is -2.19. The Morgan fingerprint density at radius 3 is 2.30 bits per heavy atom. The van der Waals surface area contributed by atoms with E-state index in [0.717, 1.165) is 12.1 Å². The molecule has 0 unspecified atom stereocenters. The van der Waals surface area contributed by atoms with Crippen molar-refractivity contribution < 1.29 is 22.7 Å². The highest BCUT2D eigenvalue weighted by atomic mass is 19.4. The molecule has 6 heteroatoms. The van der Waals surface area contributed by atoms with Crippen molar-refractivity contribution in [2.24, 2.45) is 0 Å². The molecule has 3 nitrogen and oxygen atoms in total. The first-order valence-corrected chi connectivity index (χ1v) is 5.93. The van der Waals surface area contributed by atoms with Crippen LogP contribution in [0.5, 0.6) is 0 Å². The van der Waals surface area contributed by atoms with E-state index in [1.807, 2.05) is 0 Å². The molecular weight excluding hydrogens is 271 g/mol. The van der Waals surface area contributed by atoms with Gasteiger partial charge in [0.15, 0.2) is 0 Å². The van der Waals surface area contributed by atoms with Gasteiger partial charge in [-0.3, -0.25) is 0 Å². The van der Waals surface area contributed by atoms with Crippen molar-refractivity contribution in [1.29, 1.82) is 0 Å². The largest absolute Gasteiger partial charge is 0.460 e. The molecule has 0 radical (unpaired) electrons. The number of hydrogen-bond acceptors (Lipinski definition) is 3. The number of benzene rings is 1. The van der Waals surface area contributed by atoms with Gasteiger partial charge in [0, 0.05) is 18.3 Å². The summed E-state index contributed by atoms with van der Waals surface area (Å²) in [5.74, 6) is -0.481. The van der Waals surface area contributed by atoms with Crippen LogP contribution in [0.1, 0.15) is 12.5 Å². The lowest BCUT2D eigenvalue weighted by Crippen LogP contribution is -2.24. The van der Waals surface area contributed by atoms with Crippen LogP contribution in [0.2, 0.25) is 0 Å². The normalized spacial score (nSPS) is 11.1. The number of carbonyl (C=O) groups excluding carboxylic acids is 1. The number of anilines is 1. The molecule has 0 heterocycles. The molecule has 0 fully saturated rings. The van der Waals surface area contributed by atoms with Gasteiger partial charge in [0.2, 0.25) is 0 Å². The summed E-state index contributed by atoms with van der Waals surface area (Å²) in [5.41, 5.74) is 0.231. The molecule has 0 saturated heterocycles. The molecule has 0 spiro atoms. The molecule has 0 atom stereocenters. The van der Waals surface area contributed by atoms with Crippen LogP contribution in [0.4, 0.5) is 18.9 Å². The zero-order chi connectivity index (χ0) is 15.3.